The molecule has 0 aromatic heterocycles. The molecule has 0 radical (unpaired) electrons. The summed E-state index contributed by atoms with van der Waals surface area (Å²) in [5.41, 5.74) is -6.72. The number of fused-ring (bicyclic) bond motifs is 2. The fraction of sp³-hybridized carbons (Fsp3) is 0.619. The SMILES string of the molecule is CC=CC=CC(O)=C1C(=O)C2(C)C(=O)C(C)(O)C1C1(O)COC(C)(CO)CC21. The molecule has 7 heteroatoms. The lowest BCUT2D eigenvalue weighted by atomic mass is 9.40. The van der Waals surface area contributed by atoms with Crippen LogP contribution in [0.25, 0.3) is 0 Å². The Balaban J connectivity index is 2.24. The predicted molar refractivity (Wildman–Crippen MR) is 100 cm³/mol. The molecule has 0 spiro atoms. The summed E-state index contributed by atoms with van der Waals surface area (Å²) in [5.74, 6) is -3.87. The summed E-state index contributed by atoms with van der Waals surface area (Å²) in [6.07, 6.45) is 6.29. The van der Waals surface area contributed by atoms with Crippen molar-refractivity contribution in [1.29, 1.82) is 0 Å². The number of allylic oxidation sites excluding steroid dienone is 4. The van der Waals surface area contributed by atoms with Crippen molar-refractivity contribution < 1.29 is 34.8 Å². The smallest absolute Gasteiger partial charge is 0.178 e. The number of ether oxygens (including phenoxy) is 1. The Morgan fingerprint density at radius 2 is 1.86 bits per heavy atom. The van der Waals surface area contributed by atoms with Crippen LogP contribution in [0.5, 0.6) is 0 Å². The monoisotopic (exact) mass is 392 g/mol. The average Bonchev–Trinajstić information content (AvgIpc) is 2.64. The van der Waals surface area contributed by atoms with E-state index in [0.717, 1.165) is 0 Å². The molecular weight excluding hydrogens is 364 g/mol. The van der Waals surface area contributed by atoms with Gasteiger partial charge in [-0.2, -0.15) is 0 Å². The van der Waals surface area contributed by atoms with E-state index >= 15 is 0 Å². The Morgan fingerprint density at radius 1 is 1.21 bits per heavy atom. The molecule has 3 saturated carbocycles. The van der Waals surface area contributed by atoms with Crippen LogP contribution in [-0.4, -0.2) is 62.0 Å². The van der Waals surface area contributed by atoms with Crippen LogP contribution in [-0.2, 0) is 14.3 Å². The quantitative estimate of drug-likeness (QED) is 0.244. The van der Waals surface area contributed by atoms with Crippen molar-refractivity contribution in [2.45, 2.75) is 50.9 Å². The first-order chi connectivity index (χ1) is 12.9. The summed E-state index contributed by atoms with van der Waals surface area (Å²) in [5, 5.41) is 42.9. The van der Waals surface area contributed by atoms with Crippen molar-refractivity contribution >= 4 is 11.6 Å². The van der Waals surface area contributed by atoms with Gasteiger partial charge in [-0.3, -0.25) is 9.59 Å². The van der Waals surface area contributed by atoms with Crippen molar-refractivity contribution in [3.8, 4) is 0 Å². The third-order valence-electron chi connectivity index (χ3n) is 6.75. The standard InChI is InChI=1S/C21H28O7/c1-5-6-7-8-12(23)14-15-20(4,26)17(25)19(3,16(14)24)13-9-18(2,10-22)28-11-21(13,15)27/h5-8,13,15,22-23,26-27H,9-11H2,1-4H3. The van der Waals surface area contributed by atoms with Gasteiger partial charge < -0.3 is 25.2 Å². The van der Waals surface area contributed by atoms with Gasteiger partial charge in [0, 0.05) is 11.5 Å². The average molecular weight is 392 g/mol. The van der Waals surface area contributed by atoms with Gasteiger partial charge in [0.2, 0.25) is 0 Å². The highest BCUT2D eigenvalue weighted by Gasteiger charge is 2.78. The molecule has 2 bridgehead atoms. The van der Waals surface area contributed by atoms with Crippen LogP contribution in [0.4, 0.5) is 0 Å². The lowest BCUT2D eigenvalue weighted by molar-refractivity contribution is -0.278. The van der Waals surface area contributed by atoms with E-state index in [-0.39, 0.29) is 25.2 Å². The number of hydrogen-bond donors (Lipinski definition) is 4. The van der Waals surface area contributed by atoms with Crippen LogP contribution in [0.15, 0.2) is 35.6 Å². The van der Waals surface area contributed by atoms with E-state index < -0.39 is 51.4 Å². The zero-order valence-corrected chi connectivity index (χ0v) is 16.6. The summed E-state index contributed by atoms with van der Waals surface area (Å²) in [4.78, 5) is 26.5. The fourth-order valence-electron chi connectivity index (χ4n) is 5.27. The van der Waals surface area contributed by atoms with Crippen molar-refractivity contribution in [3.63, 3.8) is 0 Å². The van der Waals surface area contributed by atoms with Crippen molar-refractivity contribution in [2.24, 2.45) is 17.3 Å². The highest BCUT2D eigenvalue weighted by molar-refractivity contribution is 6.22. The largest absolute Gasteiger partial charge is 0.508 e. The van der Waals surface area contributed by atoms with E-state index in [1.54, 1.807) is 26.0 Å². The molecule has 6 atom stereocenters. The molecule has 4 fully saturated rings. The Bertz CT molecular complexity index is 808. The number of Topliss-reactive ketones (excluding diaryl/α,β-unsaturated/α-hetero) is 2. The first-order valence-electron chi connectivity index (χ1n) is 9.42. The number of ketones is 2. The highest BCUT2D eigenvalue weighted by atomic mass is 16.5. The molecule has 6 unspecified atom stereocenters. The normalized spacial score (nSPS) is 47.8. The van der Waals surface area contributed by atoms with Crippen LogP contribution in [0.2, 0.25) is 0 Å². The van der Waals surface area contributed by atoms with Gasteiger partial charge in [0.15, 0.2) is 11.6 Å². The lowest BCUT2D eigenvalue weighted by Gasteiger charge is -2.65. The number of carbonyl (C=O) groups excluding carboxylic acids is 2. The summed E-state index contributed by atoms with van der Waals surface area (Å²) >= 11 is 0. The minimum absolute atomic E-state index is 0.0724. The van der Waals surface area contributed by atoms with Gasteiger partial charge >= 0.3 is 0 Å². The fourth-order valence-corrected chi connectivity index (χ4v) is 5.27. The number of aliphatic hydroxyl groups excluding tert-OH is 2. The Kier molecular flexibility index (Phi) is 4.75. The number of aliphatic hydroxyl groups is 4. The third-order valence-corrected chi connectivity index (χ3v) is 6.75. The molecule has 154 valence electrons. The Hall–Kier alpha value is -1.80. The Labute approximate surface area is 164 Å². The molecule has 7 nitrogen and oxygen atoms in total. The lowest BCUT2D eigenvalue weighted by Crippen LogP contribution is -2.80. The minimum atomic E-state index is -2.05. The molecule has 4 aliphatic rings. The van der Waals surface area contributed by atoms with Crippen LogP contribution < -0.4 is 0 Å². The molecule has 1 saturated heterocycles. The maximum atomic E-state index is 13.4. The second-order valence-electron chi connectivity index (χ2n) is 8.77. The van der Waals surface area contributed by atoms with E-state index in [4.69, 9.17) is 4.74 Å². The summed E-state index contributed by atoms with van der Waals surface area (Å²) in [6, 6.07) is 0. The first kappa shape index (κ1) is 20.9. The molecule has 0 amide bonds. The summed E-state index contributed by atoms with van der Waals surface area (Å²) < 4.78 is 5.71. The van der Waals surface area contributed by atoms with Crippen LogP contribution in [0, 0.1) is 17.3 Å². The minimum Gasteiger partial charge on any atom is -0.508 e. The third kappa shape index (κ3) is 2.50. The second-order valence-corrected chi connectivity index (χ2v) is 8.77. The molecule has 0 aromatic carbocycles. The van der Waals surface area contributed by atoms with Gasteiger partial charge in [-0.25, -0.2) is 0 Å². The number of carbonyl (C=O) groups is 2. The maximum Gasteiger partial charge on any atom is 0.178 e. The van der Waals surface area contributed by atoms with Gasteiger partial charge in [0.05, 0.1) is 30.1 Å². The van der Waals surface area contributed by atoms with Crippen LogP contribution in [0.1, 0.15) is 34.1 Å². The molecule has 28 heavy (non-hydrogen) atoms. The van der Waals surface area contributed by atoms with Gasteiger partial charge in [-0.15, -0.1) is 0 Å². The van der Waals surface area contributed by atoms with Crippen molar-refractivity contribution in [3.05, 3.63) is 35.6 Å². The number of hydrogen-bond acceptors (Lipinski definition) is 7. The van der Waals surface area contributed by atoms with E-state index in [0.29, 0.717) is 0 Å². The molecule has 0 aromatic rings. The van der Waals surface area contributed by atoms with E-state index in [1.165, 1.54) is 26.0 Å². The maximum absolute atomic E-state index is 13.4. The van der Waals surface area contributed by atoms with Gasteiger partial charge in [-0.1, -0.05) is 18.2 Å². The topological polar surface area (TPSA) is 124 Å². The van der Waals surface area contributed by atoms with Gasteiger partial charge in [-0.05, 0) is 40.2 Å². The molecular formula is C21H28O7. The zero-order chi connectivity index (χ0) is 21.1. The molecule has 1 heterocycles. The Morgan fingerprint density at radius 3 is 2.43 bits per heavy atom. The predicted octanol–water partition coefficient (Wildman–Crippen LogP) is 0.988. The first-order valence-corrected chi connectivity index (χ1v) is 9.42. The van der Waals surface area contributed by atoms with Crippen molar-refractivity contribution in [2.75, 3.05) is 13.2 Å². The van der Waals surface area contributed by atoms with Crippen LogP contribution >= 0.6 is 0 Å². The van der Waals surface area contributed by atoms with Gasteiger partial charge in [0.25, 0.3) is 0 Å². The van der Waals surface area contributed by atoms with E-state index in [1.807, 2.05) is 0 Å². The van der Waals surface area contributed by atoms with Crippen molar-refractivity contribution in [1.82, 2.24) is 0 Å². The van der Waals surface area contributed by atoms with Crippen LogP contribution in [0.3, 0.4) is 0 Å². The molecule has 4 rings (SSSR count). The van der Waals surface area contributed by atoms with Gasteiger partial charge in [0.1, 0.15) is 17.0 Å². The molecule has 3 aliphatic carbocycles. The molecule has 1 aliphatic heterocycles. The highest BCUT2D eigenvalue weighted by Crippen LogP contribution is 2.64. The molecule has 4 N–H and O–H groups in total. The van der Waals surface area contributed by atoms with E-state index in [2.05, 4.69) is 0 Å². The zero-order valence-electron chi connectivity index (χ0n) is 16.6. The van der Waals surface area contributed by atoms with E-state index in [9.17, 15) is 30.0 Å². The summed E-state index contributed by atoms with van der Waals surface area (Å²) in [7, 11) is 0. The number of rotatable bonds is 3. The second kappa shape index (κ2) is 6.35. The summed E-state index contributed by atoms with van der Waals surface area (Å²) in [6.45, 7) is 5.50.